The van der Waals surface area contributed by atoms with Crippen LogP contribution in [0.25, 0.3) is 0 Å². The number of nitrogens with zero attached hydrogens (tertiary/aromatic N) is 1. The highest BCUT2D eigenvalue weighted by atomic mass is 35.5. The van der Waals surface area contributed by atoms with Gasteiger partial charge in [-0.3, -0.25) is 4.79 Å². The summed E-state index contributed by atoms with van der Waals surface area (Å²) in [5.74, 6) is 0.667. The lowest BCUT2D eigenvalue weighted by atomic mass is 9.57. The quantitative estimate of drug-likeness (QED) is 0.858. The van der Waals surface area contributed by atoms with Crippen LogP contribution >= 0.6 is 11.6 Å². The average Bonchev–Trinajstić information content (AvgIpc) is 2.87. The first-order chi connectivity index (χ1) is 9.91. The molecular weight excluding hydrogens is 286 g/mol. The maximum atomic E-state index is 12.6. The molecule has 21 heavy (non-hydrogen) atoms. The van der Waals surface area contributed by atoms with Gasteiger partial charge in [-0.15, -0.1) is 0 Å². The number of hydrogen-bond donors (Lipinski definition) is 0. The molecule has 1 saturated heterocycles. The summed E-state index contributed by atoms with van der Waals surface area (Å²) in [5, 5.41) is 0.700. The molecule has 1 aromatic rings. The molecule has 0 spiro atoms. The van der Waals surface area contributed by atoms with Gasteiger partial charge in [-0.2, -0.15) is 0 Å². The van der Waals surface area contributed by atoms with Gasteiger partial charge in [-0.1, -0.05) is 37.6 Å². The van der Waals surface area contributed by atoms with Crippen molar-refractivity contribution >= 4 is 17.5 Å². The number of amides is 1. The Morgan fingerprint density at radius 2 is 2.05 bits per heavy atom. The van der Waals surface area contributed by atoms with Crippen molar-refractivity contribution in [2.24, 2.45) is 11.3 Å². The molecule has 1 amide bonds. The van der Waals surface area contributed by atoms with Crippen molar-refractivity contribution in [1.82, 2.24) is 4.90 Å². The van der Waals surface area contributed by atoms with E-state index < -0.39 is 0 Å². The molecule has 4 heteroatoms. The zero-order valence-corrected chi connectivity index (χ0v) is 13.6. The molecular formula is C17H22ClNO2. The first-order valence-electron chi connectivity index (χ1n) is 7.53. The lowest BCUT2D eigenvalue weighted by Crippen LogP contribution is -2.67. The number of hydrogen-bond acceptors (Lipinski definition) is 2. The number of halogens is 1. The van der Waals surface area contributed by atoms with Crippen molar-refractivity contribution in [2.75, 3.05) is 13.7 Å². The minimum Gasteiger partial charge on any atom is -0.377 e. The van der Waals surface area contributed by atoms with Crippen LogP contribution in [0, 0.1) is 11.3 Å². The Hall–Kier alpha value is -1.06. The predicted octanol–water partition coefficient (Wildman–Crippen LogP) is 3.15. The molecule has 3 rings (SSSR count). The second-order valence-corrected chi connectivity index (χ2v) is 7.25. The topological polar surface area (TPSA) is 29.5 Å². The number of carbonyl (C=O) groups excluding carboxylic acids is 1. The summed E-state index contributed by atoms with van der Waals surface area (Å²) in [6.45, 7) is 5.24. The maximum absolute atomic E-state index is 12.6. The van der Waals surface area contributed by atoms with Gasteiger partial charge in [-0.05, 0) is 24.1 Å². The van der Waals surface area contributed by atoms with Crippen molar-refractivity contribution in [1.29, 1.82) is 0 Å². The predicted molar refractivity (Wildman–Crippen MR) is 83.3 cm³/mol. The van der Waals surface area contributed by atoms with E-state index in [1.807, 2.05) is 36.2 Å². The highest BCUT2D eigenvalue weighted by Crippen LogP contribution is 2.54. The smallest absolute Gasteiger partial charge is 0.227 e. The molecule has 3 atom stereocenters. The molecule has 1 aliphatic carbocycles. The van der Waals surface area contributed by atoms with Crippen LogP contribution in [0.1, 0.15) is 25.8 Å². The number of fused-ring (bicyclic) bond motifs is 1. The number of rotatable bonds is 3. The van der Waals surface area contributed by atoms with Crippen LogP contribution in [-0.2, 0) is 16.0 Å². The molecule has 0 N–H and O–H groups in total. The molecule has 1 aliphatic heterocycles. The molecule has 0 radical (unpaired) electrons. The van der Waals surface area contributed by atoms with E-state index in [1.54, 1.807) is 0 Å². The summed E-state index contributed by atoms with van der Waals surface area (Å²) >= 11 is 5.88. The third-order valence-corrected chi connectivity index (χ3v) is 5.37. The van der Waals surface area contributed by atoms with Crippen LogP contribution < -0.4 is 0 Å². The van der Waals surface area contributed by atoms with E-state index in [9.17, 15) is 4.79 Å². The number of ether oxygens (including phenoxy) is 1. The Labute approximate surface area is 131 Å². The van der Waals surface area contributed by atoms with Crippen LogP contribution in [0.5, 0.6) is 0 Å². The van der Waals surface area contributed by atoms with Gasteiger partial charge in [0.2, 0.25) is 5.91 Å². The van der Waals surface area contributed by atoms with Gasteiger partial charge >= 0.3 is 0 Å². The van der Waals surface area contributed by atoms with Crippen molar-refractivity contribution in [3.63, 3.8) is 0 Å². The Bertz CT molecular complexity index is 540. The molecule has 1 heterocycles. The van der Waals surface area contributed by atoms with Crippen LogP contribution in [0.15, 0.2) is 24.3 Å². The number of likely N-dealkylation sites (N-methyl/N-ethyl adjacent to an activating group) is 1. The molecule has 0 bridgehead atoms. The standard InChI is InChI=1S/C17H22ClNO2/c1-17(2)15(13-8-9-21-16(13)17)19(3)14(20)10-11-4-6-12(18)7-5-11/h4-7,13,15-16H,8-10H2,1-3H3/t13-,15+,16-/m0/s1. The zero-order chi connectivity index (χ0) is 15.2. The third kappa shape index (κ3) is 2.47. The number of carbonyl (C=O) groups is 1. The third-order valence-electron chi connectivity index (χ3n) is 5.12. The fourth-order valence-corrected chi connectivity index (χ4v) is 4.27. The average molecular weight is 308 g/mol. The van der Waals surface area contributed by atoms with E-state index in [0.29, 0.717) is 23.5 Å². The summed E-state index contributed by atoms with van der Waals surface area (Å²) in [6.07, 6.45) is 1.81. The summed E-state index contributed by atoms with van der Waals surface area (Å²) in [6, 6.07) is 7.78. The first-order valence-corrected chi connectivity index (χ1v) is 7.91. The second kappa shape index (κ2) is 5.29. The van der Waals surface area contributed by atoms with Crippen molar-refractivity contribution in [3.8, 4) is 0 Å². The number of benzene rings is 1. The van der Waals surface area contributed by atoms with Gasteiger partial charge in [0.15, 0.2) is 0 Å². The Morgan fingerprint density at radius 3 is 2.71 bits per heavy atom. The Morgan fingerprint density at radius 1 is 1.38 bits per heavy atom. The van der Waals surface area contributed by atoms with Crippen LogP contribution in [0.4, 0.5) is 0 Å². The fourth-order valence-electron chi connectivity index (χ4n) is 4.14. The summed E-state index contributed by atoms with van der Waals surface area (Å²) in [7, 11) is 1.93. The lowest BCUT2D eigenvalue weighted by Gasteiger charge is -2.57. The largest absolute Gasteiger partial charge is 0.377 e. The molecule has 3 nitrogen and oxygen atoms in total. The molecule has 1 saturated carbocycles. The van der Waals surface area contributed by atoms with Gasteiger partial charge in [0.05, 0.1) is 12.5 Å². The normalized spacial score (nSPS) is 29.6. The monoisotopic (exact) mass is 307 g/mol. The molecule has 2 fully saturated rings. The highest BCUT2D eigenvalue weighted by Gasteiger charge is 2.61. The molecule has 0 aromatic heterocycles. The molecule has 1 aromatic carbocycles. The fraction of sp³-hybridized carbons (Fsp3) is 0.588. The van der Waals surface area contributed by atoms with Crippen molar-refractivity contribution in [2.45, 2.75) is 38.8 Å². The molecule has 114 valence electrons. The van der Waals surface area contributed by atoms with E-state index >= 15 is 0 Å². The lowest BCUT2D eigenvalue weighted by molar-refractivity contribution is -0.166. The van der Waals surface area contributed by atoms with Gasteiger partial charge in [-0.25, -0.2) is 0 Å². The minimum absolute atomic E-state index is 0.0472. The second-order valence-electron chi connectivity index (χ2n) is 6.82. The van der Waals surface area contributed by atoms with E-state index in [2.05, 4.69) is 13.8 Å². The summed E-state index contributed by atoms with van der Waals surface area (Å²) < 4.78 is 5.81. The van der Waals surface area contributed by atoms with Gasteiger partial charge < -0.3 is 9.64 Å². The van der Waals surface area contributed by atoms with Crippen LogP contribution in [-0.4, -0.2) is 36.6 Å². The Kier molecular flexibility index (Phi) is 3.74. The van der Waals surface area contributed by atoms with Crippen molar-refractivity contribution < 1.29 is 9.53 Å². The summed E-state index contributed by atoms with van der Waals surface area (Å²) in [4.78, 5) is 14.5. The Balaban J connectivity index is 1.69. The van der Waals surface area contributed by atoms with Gasteiger partial charge in [0, 0.05) is 36.1 Å². The van der Waals surface area contributed by atoms with E-state index in [-0.39, 0.29) is 17.4 Å². The van der Waals surface area contributed by atoms with E-state index in [4.69, 9.17) is 16.3 Å². The van der Waals surface area contributed by atoms with Gasteiger partial charge in [0.25, 0.3) is 0 Å². The van der Waals surface area contributed by atoms with E-state index in [0.717, 1.165) is 18.6 Å². The maximum Gasteiger partial charge on any atom is 0.227 e. The zero-order valence-electron chi connectivity index (χ0n) is 12.8. The van der Waals surface area contributed by atoms with Crippen LogP contribution in [0.3, 0.4) is 0 Å². The highest BCUT2D eigenvalue weighted by molar-refractivity contribution is 6.30. The van der Waals surface area contributed by atoms with Crippen molar-refractivity contribution in [3.05, 3.63) is 34.9 Å². The first kappa shape index (κ1) is 14.9. The van der Waals surface area contributed by atoms with E-state index in [1.165, 1.54) is 0 Å². The summed E-state index contributed by atoms with van der Waals surface area (Å²) in [5.41, 5.74) is 1.05. The van der Waals surface area contributed by atoms with Crippen LogP contribution in [0.2, 0.25) is 5.02 Å². The molecule has 2 aliphatic rings. The molecule has 0 unspecified atom stereocenters. The SMILES string of the molecule is CN(C(=O)Cc1ccc(Cl)cc1)[C@@H]1[C@@H]2CCO[C@@H]2C1(C)C. The minimum atomic E-state index is 0.0472. The van der Waals surface area contributed by atoms with Gasteiger partial charge in [0.1, 0.15) is 0 Å².